The zero-order chi connectivity index (χ0) is 23.0. The number of ether oxygens (including phenoxy) is 5. The minimum absolute atomic E-state index is 0.0479. The Balaban J connectivity index is 2.00. The van der Waals surface area contributed by atoms with Crippen molar-refractivity contribution in [2.45, 2.75) is 114 Å². The van der Waals surface area contributed by atoms with Crippen LogP contribution in [0.5, 0.6) is 0 Å². The van der Waals surface area contributed by atoms with E-state index in [9.17, 15) is 25.5 Å². The molecule has 5 N–H and O–H groups in total. The summed E-state index contributed by atoms with van der Waals surface area (Å²) in [5.74, 6) is 0. The van der Waals surface area contributed by atoms with Crippen LogP contribution in [0.2, 0.25) is 0 Å². The SMILES string of the molecule is CCCCCCCCO[C@@H]1O[C@H](COC)[C@H](O)[C@H](O)[C@H]1O[C@@H]1O[C@@H](C)[C@@H](O)[C@@H](O)[C@@H]1O. The standard InChI is InChI=1S/C21H40O10/c1-4-5-6-7-8-9-10-28-21-19(17(25)15(23)13(30-21)11-27-3)31-20-18(26)16(24)14(22)12(2)29-20/h12-26H,4-11H2,1-3H3/t12-,13+,14+,15-,16+,17-,18-,19+,20-,21+/m0/s1. The second kappa shape index (κ2) is 13.3. The van der Waals surface area contributed by atoms with Gasteiger partial charge in [0.2, 0.25) is 0 Å². The molecule has 0 spiro atoms. The van der Waals surface area contributed by atoms with E-state index in [1.54, 1.807) is 0 Å². The number of methoxy groups -OCH3 is 1. The molecule has 0 radical (unpaired) electrons. The lowest BCUT2D eigenvalue weighted by atomic mass is 9.97. The van der Waals surface area contributed by atoms with Gasteiger partial charge in [-0.3, -0.25) is 0 Å². The third-order valence-corrected chi connectivity index (χ3v) is 5.86. The largest absolute Gasteiger partial charge is 0.388 e. The van der Waals surface area contributed by atoms with Gasteiger partial charge in [-0.05, 0) is 13.3 Å². The summed E-state index contributed by atoms with van der Waals surface area (Å²) < 4.78 is 27.8. The first-order valence-corrected chi connectivity index (χ1v) is 11.3. The molecule has 0 saturated carbocycles. The maximum absolute atomic E-state index is 10.7. The molecule has 10 atom stereocenters. The van der Waals surface area contributed by atoms with E-state index in [0.717, 1.165) is 19.3 Å². The first-order valence-electron chi connectivity index (χ1n) is 11.3. The fourth-order valence-electron chi connectivity index (χ4n) is 3.85. The predicted molar refractivity (Wildman–Crippen MR) is 109 cm³/mol. The summed E-state index contributed by atoms with van der Waals surface area (Å²) in [7, 11) is 1.46. The maximum Gasteiger partial charge on any atom is 0.187 e. The second-order valence-corrected chi connectivity index (χ2v) is 8.40. The fraction of sp³-hybridized carbons (Fsp3) is 1.00. The number of aliphatic hydroxyl groups excluding tert-OH is 5. The summed E-state index contributed by atoms with van der Waals surface area (Å²) in [5, 5.41) is 51.2. The Bertz CT molecular complexity index is 495. The molecule has 2 rings (SSSR count). The average Bonchev–Trinajstić information content (AvgIpc) is 2.75. The summed E-state index contributed by atoms with van der Waals surface area (Å²) in [4.78, 5) is 0. The maximum atomic E-state index is 10.7. The average molecular weight is 453 g/mol. The molecule has 0 aromatic heterocycles. The monoisotopic (exact) mass is 452 g/mol. The molecular weight excluding hydrogens is 412 g/mol. The number of unbranched alkanes of at least 4 members (excludes halogenated alkanes) is 5. The number of rotatable bonds is 12. The molecule has 2 aliphatic rings. The molecule has 10 heteroatoms. The van der Waals surface area contributed by atoms with E-state index in [1.165, 1.54) is 33.3 Å². The molecule has 184 valence electrons. The molecular formula is C21H40O10. The van der Waals surface area contributed by atoms with Crippen molar-refractivity contribution in [2.24, 2.45) is 0 Å². The highest BCUT2D eigenvalue weighted by Crippen LogP contribution is 2.30. The van der Waals surface area contributed by atoms with Crippen LogP contribution in [0.15, 0.2) is 0 Å². The summed E-state index contributed by atoms with van der Waals surface area (Å²) in [6.07, 6.45) is -5.77. The predicted octanol–water partition coefficient (Wildman–Crippen LogP) is -0.331. The van der Waals surface area contributed by atoms with Crippen LogP contribution in [0.1, 0.15) is 52.4 Å². The highest BCUT2D eigenvalue weighted by molar-refractivity contribution is 4.93. The van der Waals surface area contributed by atoms with Crippen molar-refractivity contribution in [3.63, 3.8) is 0 Å². The normalized spacial score (nSPS) is 41.4. The summed E-state index contributed by atoms with van der Waals surface area (Å²) in [5.41, 5.74) is 0. The van der Waals surface area contributed by atoms with Crippen LogP contribution in [-0.2, 0) is 23.7 Å². The van der Waals surface area contributed by atoms with E-state index < -0.39 is 61.4 Å². The van der Waals surface area contributed by atoms with Gasteiger partial charge in [-0.25, -0.2) is 0 Å². The Morgan fingerprint density at radius 3 is 2.10 bits per heavy atom. The molecule has 2 aliphatic heterocycles. The number of aliphatic hydroxyl groups is 5. The van der Waals surface area contributed by atoms with Gasteiger partial charge in [0.05, 0.1) is 12.7 Å². The van der Waals surface area contributed by atoms with E-state index in [-0.39, 0.29) is 6.61 Å². The molecule has 0 aliphatic carbocycles. The highest BCUT2D eigenvalue weighted by atomic mass is 16.8. The van der Waals surface area contributed by atoms with E-state index >= 15 is 0 Å². The van der Waals surface area contributed by atoms with Crippen LogP contribution < -0.4 is 0 Å². The quantitative estimate of drug-likeness (QED) is 0.249. The van der Waals surface area contributed by atoms with Gasteiger partial charge in [-0.1, -0.05) is 39.0 Å². The van der Waals surface area contributed by atoms with Crippen molar-refractivity contribution in [1.82, 2.24) is 0 Å². The van der Waals surface area contributed by atoms with Gasteiger partial charge < -0.3 is 49.2 Å². The zero-order valence-electron chi connectivity index (χ0n) is 18.7. The first kappa shape index (κ1) is 26.8. The lowest BCUT2D eigenvalue weighted by Gasteiger charge is -2.45. The zero-order valence-corrected chi connectivity index (χ0v) is 18.7. The van der Waals surface area contributed by atoms with E-state index in [2.05, 4.69) is 6.92 Å². The molecule has 0 bridgehead atoms. The molecule has 0 unspecified atom stereocenters. The smallest absolute Gasteiger partial charge is 0.187 e. The summed E-state index contributed by atoms with van der Waals surface area (Å²) in [6, 6.07) is 0. The van der Waals surface area contributed by atoms with Crippen molar-refractivity contribution < 1.29 is 49.2 Å². The van der Waals surface area contributed by atoms with E-state index in [4.69, 9.17) is 23.7 Å². The highest BCUT2D eigenvalue weighted by Gasteiger charge is 2.50. The first-order chi connectivity index (χ1) is 14.8. The van der Waals surface area contributed by atoms with Crippen LogP contribution in [0.25, 0.3) is 0 Å². The Kier molecular flexibility index (Phi) is 11.6. The second-order valence-electron chi connectivity index (χ2n) is 8.40. The molecule has 0 amide bonds. The van der Waals surface area contributed by atoms with Crippen molar-refractivity contribution in [3.05, 3.63) is 0 Å². The minimum atomic E-state index is -1.55. The topological polar surface area (TPSA) is 147 Å². The van der Waals surface area contributed by atoms with Crippen LogP contribution in [0, 0.1) is 0 Å². The third kappa shape index (κ3) is 7.29. The summed E-state index contributed by atoms with van der Waals surface area (Å²) >= 11 is 0. The van der Waals surface area contributed by atoms with Gasteiger partial charge in [-0.15, -0.1) is 0 Å². The van der Waals surface area contributed by atoms with Crippen molar-refractivity contribution in [2.75, 3.05) is 20.3 Å². The lowest BCUT2D eigenvalue weighted by Crippen LogP contribution is -2.64. The van der Waals surface area contributed by atoms with Crippen molar-refractivity contribution in [1.29, 1.82) is 0 Å². The van der Waals surface area contributed by atoms with Gasteiger partial charge in [0.15, 0.2) is 12.6 Å². The van der Waals surface area contributed by atoms with Crippen molar-refractivity contribution >= 4 is 0 Å². The molecule has 0 aromatic rings. The minimum Gasteiger partial charge on any atom is -0.388 e. The number of hydrogen-bond donors (Lipinski definition) is 5. The van der Waals surface area contributed by atoms with Crippen molar-refractivity contribution in [3.8, 4) is 0 Å². The Morgan fingerprint density at radius 2 is 1.42 bits per heavy atom. The molecule has 0 aromatic carbocycles. The molecule has 10 nitrogen and oxygen atoms in total. The molecule has 2 fully saturated rings. The Morgan fingerprint density at radius 1 is 0.742 bits per heavy atom. The van der Waals surface area contributed by atoms with Gasteiger partial charge >= 0.3 is 0 Å². The Hall–Kier alpha value is -0.400. The molecule has 31 heavy (non-hydrogen) atoms. The van der Waals surface area contributed by atoms with Crippen LogP contribution in [-0.4, -0.2) is 107 Å². The number of hydrogen-bond acceptors (Lipinski definition) is 10. The van der Waals surface area contributed by atoms with Crippen LogP contribution in [0.4, 0.5) is 0 Å². The molecule has 2 heterocycles. The fourth-order valence-corrected chi connectivity index (χ4v) is 3.85. The lowest BCUT2D eigenvalue weighted by molar-refractivity contribution is -0.365. The van der Waals surface area contributed by atoms with E-state index in [0.29, 0.717) is 6.61 Å². The van der Waals surface area contributed by atoms with Gasteiger partial charge in [0, 0.05) is 13.7 Å². The van der Waals surface area contributed by atoms with Gasteiger partial charge in [-0.2, -0.15) is 0 Å². The van der Waals surface area contributed by atoms with Crippen LogP contribution >= 0.6 is 0 Å². The van der Waals surface area contributed by atoms with Gasteiger partial charge in [0.25, 0.3) is 0 Å². The van der Waals surface area contributed by atoms with Crippen LogP contribution in [0.3, 0.4) is 0 Å². The summed E-state index contributed by atoms with van der Waals surface area (Å²) in [6.45, 7) is 4.10. The van der Waals surface area contributed by atoms with Gasteiger partial charge in [0.1, 0.15) is 42.7 Å². The Labute approximate surface area is 184 Å². The van der Waals surface area contributed by atoms with E-state index in [1.807, 2.05) is 0 Å². The third-order valence-electron chi connectivity index (χ3n) is 5.86. The molecule has 2 saturated heterocycles.